The van der Waals surface area contributed by atoms with E-state index in [1.54, 1.807) is 0 Å². The molecule has 1 aromatic heterocycles. The van der Waals surface area contributed by atoms with Crippen molar-refractivity contribution in [3.8, 4) is 0 Å². The molecule has 0 atom stereocenters. The molecule has 0 radical (unpaired) electrons. The number of hydrazine groups is 1. The molecule has 2 heterocycles. The molecule has 0 spiro atoms. The van der Waals surface area contributed by atoms with Gasteiger partial charge < -0.3 is 5.32 Å². The Morgan fingerprint density at radius 1 is 1.41 bits per heavy atom. The van der Waals surface area contributed by atoms with Crippen molar-refractivity contribution in [1.29, 1.82) is 0 Å². The molecule has 94 valence electrons. The van der Waals surface area contributed by atoms with E-state index in [0.29, 0.717) is 5.95 Å². The summed E-state index contributed by atoms with van der Waals surface area (Å²) in [5.41, 5.74) is 3.39. The van der Waals surface area contributed by atoms with Crippen molar-refractivity contribution in [2.75, 3.05) is 28.8 Å². The number of rotatable bonds is 4. The zero-order valence-corrected chi connectivity index (χ0v) is 10.9. The second kappa shape index (κ2) is 6.07. The zero-order chi connectivity index (χ0) is 12.1. The number of hydrogen-bond acceptors (Lipinski definition) is 6. The number of aromatic nitrogens is 2. The number of aryl methyl sites for hydroxylation is 1. The summed E-state index contributed by atoms with van der Waals surface area (Å²) >= 11 is 2.05. The molecule has 1 fully saturated rings. The third-order valence-corrected chi connectivity index (χ3v) is 3.94. The van der Waals surface area contributed by atoms with E-state index in [1.165, 1.54) is 24.3 Å². The summed E-state index contributed by atoms with van der Waals surface area (Å²) in [4.78, 5) is 8.43. The van der Waals surface area contributed by atoms with Gasteiger partial charge in [-0.15, -0.1) is 0 Å². The van der Waals surface area contributed by atoms with Crippen LogP contribution in [-0.4, -0.2) is 28.0 Å². The fourth-order valence-corrected chi connectivity index (χ4v) is 3.13. The first kappa shape index (κ1) is 12.4. The Bertz CT molecular complexity index is 365. The SMILES string of the molecule is Cc1cc(NCC2CCSCC2)nc(NN)n1. The molecule has 0 aromatic carbocycles. The monoisotopic (exact) mass is 253 g/mol. The molecular formula is C11H19N5S. The smallest absolute Gasteiger partial charge is 0.239 e. The fraction of sp³-hybridized carbons (Fsp3) is 0.636. The summed E-state index contributed by atoms with van der Waals surface area (Å²) in [5.74, 6) is 9.97. The van der Waals surface area contributed by atoms with Crippen molar-refractivity contribution in [3.05, 3.63) is 11.8 Å². The Labute approximate surface area is 106 Å². The van der Waals surface area contributed by atoms with E-state index in [-0.39, 0.29) is 0 Å². The number of hydrogen-bond donors (Lipinski definition) is 3. The molecule has 1 aliphatic heterocycles. The van der Waals surface area contributed by atoms with Gasteiger partial charge in [0.1, 0.15) is 5.82 Å². The zero-order valence-electron chi connectivity index (χ0n) is 10.1. The van der Waals surface area contributed by atoms with Crippen LogP contribution in [0.5, 0.6) is 0 Å². The molecular weight excluding hydrogens is 234 g/mol. The van der Waals surface area contributed by atoms with E-state index >= 15 is 0 Å². The van der Waals surface area contributed by atoms with Gasteiger partial charge in [0.15, 0.2) is 0 Å². The van der Waals surface area contributed by atoms with Gasteiger partial charge in [0.25, 0.3) is 0 Å². The lowest BCUT2D eigenvalue weighted by Crippen LogP contribution is -2.20. The molecule has 2 rings (SSSR count). The molecule has 5 nitrogen and oxygen atoms in total. The highest BCUT2D eigenvalue weighted by atomic mass is 32.2. The maximum absolute atomic E-state index is 5.32. The first-order valence-electron chi connectivity index (χ1n) is 5.92. The van der Waals surface area contributed by atoms with Crippen LogP contribution in [0.4, 0.5) is 11.8 Å². The first-order valence-corrected chi connectivity index (χ1v) is 7.07. The summed E-state index contributed by atoms with van der Waals surface area (Å²) in [5, 5.41) is 3.37. The number of nitrogen functional groups attached to an aromatic ring is 1. The lowest BCUT2D eigenvalue weighted by atomic mass is 10.0. The van der Waals surface area contributed by atoms with Gasteiger partial charge in [0.2, 0.25) is 5.95 Å². The van der Waals surface area contributed by atoms with Crippen molar-refractivity contribution in [3.63, 3.8) is 0 Å². The van der Waals surface area contributed by atoms with Crippen LogP contribution >= 0.6 is 11.8 Å². The van der Waals surface area contributed by atoms with Gasteiger partial charge in [-0.2, -0.15) is 16.7 Å². The predicted octanol–water partition coefficient (Wildman–Crippen LogP) is 1.63. The molecule has 0 bridgehead atoms. The van der Waals surface area contributed by atoms with Crippen LogP contribution in [0.1, 0.15) is 18.5 Å². The number of anilines is 2. The van der Waals surface area contributed by atoms with Crippen LogP contribution in [0.25, 0.3) is 0 Å². The quantitative estimate of drug-likeness (QED) is 0.559. The van der Waals surface area contributed by atoms with Crippen LogP contribution in [0.3, 0.4) is 0 Å². The molecule has 17 heavy (non-hydrogen) atoms. The summed E-state index contributed by atoms with van der Waals surface area (Å²) in [7, 11) is 0. The predicted molar refractivity (Wildman–Crippen MR) is 73.1 cm³/mol. The average molecular weight is 253 g/mol. The van der Waals surface area contributed by atoms with Crippen molar-refractivity contribution in [2.45, 2.75) is 19.8 Å². The lowest BCUT2D eigenvalue weighted by molar-refractivity contribution is 0.515. The van der Waals surface area contributed by atoms with Crippen LogP contribution in [0, 0.1) is 12.8 Å². The van der Waals surface area contributed by atoms with Crippen molar-refractivity contribution in [1.82, 2.24) is 9.97 Å². The number of nitrogens with zero attached hydrogens (tertiary/aromatic N) is 2. The number of nitrogens with one attached hydrogen (secondary N) is 2. The molecule has 0 amide bonds. The largest absolute Gasteiger partial charge is 0.370 e. The summed E-state index contributed by atoms with van der Waals surface area (Å²) < 4.78 is 0. The summed E-state index contributed by atoms with van der Waals surface area (Å²) in [6, 6.07) is 1.94. The molecule has 4 N–H and O–H groups in total. The number of nitrogens with two attached hydrogens (primary N) is 1. The second-order valence-corrected chi connectivity index (χ2v) is 5.52. The van der Waals surface area contributed by atoms with Gasteiger partial charge in [0.05, 0.1) is 0 Å². The van der Waals surface area contributed by atoms with Crippen LogP contribution in [0.15, 0.2) is 6.07 Å². The van der Waals surface area contributed by atoms with Gasteiger partial charge in [-0.05, 0) is 37.2 Å². The normalized spacial score (nSPS) is 16.8. The third kappa shape index (κ3) is 3.74. The van der Waals surface area contributed by atoms with Gasteiger partial charge in [0, 0.05) is 18.3 Å². The summed E-state index contributed by atoms with van der Waals surface area (Å²) in [6.07, 6.45) is 2.59. The summed E-state index contributed by atoms with van der Waals surface area (Å²) in [6.45, 7) is 2.92. The minimum Gasteiger partial charge on any atom is -0.370 e. The van der Waals surface area contributed by atoms with Crippen LogP contribution < -0.4 is 16.6 Å². The first-order chi connectivity index (χ1) is 8.28. The van der Waals surface area contributed by atoms with E-state index in [4.69, 9.17) is 5.84 Å². The van der Waals surface area contributed by atoms with Crippen molar-refractivity contribution < 1.29 is 0 Å². The number of thioether (sulfide) groups is 1. The van der Waals surface area contributed by atoms with Gasteiger partial charge in [-0.1, -0.05) is 0 Å². The minimum absolute atomic E-state index is 0.465. The highest BCUT2D eigenvalue weighted by Gasteiger charge is 2.13. The van der Waals surface area contributed by atoms with Crippen LogP contribution in [-0.2, 0) is 0 Å². The maximum Gasteiger partial charge on any atom is 0.239 e. The van der Waals surface area contributed by atoms with Crippen LogP contribution in [0.2, 0.25) is 0 Å². The standard InChI is InChI=1S/C11H19N5S/c1-8-6-10(15-11(14-8)16-12)13-7-9-2-4-17-5-3-9/h6,9H,2-5,7,12H2,1H3,(H2,13,14,15,16). The maximum atomic E-state index is 5.32. The topological polar surface area (TPSA) is 75.9 Å². The Kier molecular flexibility index (Phi) is 4.44. The molecule has 0 unspecified atom stereocenters. The van der Waals surface area contributed by atoms with Gasteiger partial charge >= 0.3 is 0 Å². The molecule has 1 saturated heterocycles. The minimum atomic E-state index is 0.465. The molecule has 1 aromatic rings. The Balaban J connectivity index is 1.91. The molecule has 0 aliphatic carbocycles. The Morgan fingerprint density at radius 2 is 2.18 bits per heavy atom. The molecule has 1 aliphatic rings. The average Bonchev–Trinajstić information content (AvgIpc) is 2.37. The third-order valence-electron chi connectivity index (χ3n) is 2.90. The Hall–Kier alpha value is -1.01. The van der Waals surface area contributed by atoms with E-state index in [2.05, 4.69) is 20.7 Å². The molecule has 0 saturated carbocycles. The molecule has 6 heteroatoms. The van der Waals surface area contributed by atoms with E-state index in [0.717, 1.165) is 24.0 Å². The Morgan fingerprint density at radius 3 is 2.88 bits per heavy atom. The lowest BCUT2D eigenvalue weighted by Gasteiger charge is -2.21. The fourth-order valence-electron chi connectivity index (χ4n) is 1.92. The highest BCUT2D eigenvalue weighted by molar-refractivity contribution is 7.99. The second-order valence-electron chi connectivity index (χ2n) is 4.30. The van der Waals surface area contributed by atoms with E-state index in [1.807, 2.05) is 24.8 Å². The van der Waals surface area contributed by atoms with Crippen molar-refractivity contribution >= 4 is 23.5 Å². The van der Waals surface area contributed by atoms with Gasteiger partial charge in [-0.3, -0.25) is 5.43 Å². The van der Waals surface area contributed by atoms with Crippen molar-refractivity contribution in [2.24, 2.45) is 11.8 Å². The van der Waals surface area contributed by atoms with E-state index in [9.17, 15) is 0 Å². The van der Waals surface area contributed by atoms with E-state index < -0.39 is 0 Å². The van der Waals surface area contributed by atoms with Gasteiger partial charge in [-0.25, -0.2) is 10.8 Å². The highest BCUT2D eigenvalue weighted by Crippen LogP contribution is 2.23.